The molecule has 3 heteroatoms. The fourth-order valence-corrected chi connectivity index (χ4v) is 4.42. The van der Waals surface area contributed by atoms with Gasteiger partial charge in [-0.1, -0.05) is 37.9 Å². The molecule has 1 atom stereocenters. The van der Waals surface area contributed by atoms with E-state index < -0.39 is 0 Å². The summed E-state index contributed by atoms with van der Waals surface area (Å²) < 4.78 is 1.18. The first-order valence-corrected chi connectivity index (χ1v) is 8.04. The second-order valence-corrected chi connectivity index (χ2v) is 7.01. The van der Waals surface area contributed by atoms with Gasteiger partial charge in [0.1, 0.15) is 0 Å². The van der Waals surface area contributed by atoms with E-state index in [-0.39, 0.29) is 0 Å². The van der Waals surface area contributed by atoms with Gasteiger partial charge in [0.2, 0.25) is 0 Å². The molecule has 0 N–H and O–H groups in total. The molecule has 0 fully saturated rings. The molecule has 0 radical (unpaired) electrons. The molecule has 90 valence electrons. The number of halogens is 2. The van der Waals surface area contributed by atoms with Gasteiger partial charge in [-0.05, 0) is 60.5 Å². The molecular weight excluding hydrogens is 360 g/mol. The van der Waals surface area contributed by atoms with Gasteiger partial charge in [-0.2, -0.15) is 0 Å². The summed E-state index contributed by atoms with van der Waals surface area (Å²) >= 11 is 9.22. The molecule has 1 unspecified atom stereocenters. The van der Waals surface area contributed by atoms with Crippen LogP contribution in [0.4, 0.5) is 0 Å². The Bertz CT molecular complexity index is 543. The first-order chi connectivity index (χ1) is 8.00. The quantitative estimate of drug-likeness (QED) is 0.573. The summed E-state index contributed by atoms with van der Waals surface area (Å²) in [6.45, 7) is 6.46. The number of thiophene rings is 1. The zero-order valence-electron chi connectivity index (χ0n) is 10.1. The Morgan fingerprint density at radius 3 is 2.35 bits per heavy atom. The van der Waals surface area contributed by atoms with Crippen LogP contribution in [-0.4, -0.2) is 0 Å². The van der Waals surface area contributed by atoms with Crippen molar-refractivity contribution in [2.75, 3.05) is 0 Å². The highest BCUT2D eigenvalue weighted by atomic mass is 79.9. The van der Waals surface area contributed by atoms with Gasteiger partial charge in [-0.25, -0.2) is 0 Å². The second kappa shape index (κ2) is 5.25. The van der Waals surface area contributed by atoms with Crippen molar-refractivity contribution in [1.29, 1.82) is 0 Å². The van der Waals surface area contributed by atoms with Crippen molar-refractivity contribution in [1.82, 2.24) is 0 Å². The van der Waals surface area contributed by atoms with Crippen LogP contribution in [0.25, 0.3) is 0 Å². The van der Waals surface area contributed by atoms with Gasteiger partial charge in [0.25, 0.3) is 0 Å². The Kier molecular flexibility index (Phi) is 4.11. The highest BCUT2D eigenvalue weighted by Gasteiger charge is 2.17. The van der Waals surface area contributed by atoms with Gasteiger partial charge >= 0.3 is 0 Å². The van der Waals surface area contributed by atoms with E-state index in [1.807, 2.05) is 11.3 Å². The maximum Gasteiger partial charge on any atom is 0.0743 e. The van der Waals surface area contributed by atoms with Crippen LogP contribution < -0.4 is 0 Å². The highest BCUT2D eigenvalue weighted by Crippen LogP contribution is 2.39. The van der Waals surface area contributed by atoms with Crippen molar-refractivity contribution in [3.63, 3.8) is 0 Å². The van der Waals surface area contributed by atoms with Gasteiger partial charge in [-0.3, -0.25) is 0 Å². The van der Waals surface area contributed by atoms with Crippen LogP contribution in [0.5, 0.6) is 0 Å². The normalized spacial score (nSPS) is 12.8. The number of hydrogen-bond acceptors (Lipinski definition) is 1. The van der Waals surface area contributed by atoms with Gasteiger partial charge in [0.15, 0.2) is 0 Å². The molecule has 0 amide bonds. The van der Waals surface area contributed by atoms with Crippen molar-refractivity contribution in [2.24, 2.45) is 0 Å². The van der Waals surface area contributed by atoms with E-state index in [9.17, 15) is 0 Å². The van der Waals surface area contributed by atoms with Crippen molar-refractivity contribution < 1.29 is 0 Å². The highest BCUT2D eigenvalue weighted by molar-refractivity contribution is 9.10. The predicted molar refractivity (Wildman–Crippen MR) is 83.4 cm³/mol. The van der Waals surface area contributed by atoms with Crippen molar-refractivity contribution in [3.8, 4) is 0 Å². The molecule has 0 saturated heterocycles. The molecule has 0 aliphatic carbocycles. The Balaban J connectivity index is 2.48. The average Bonchev–Trinajstić information content (AvgIpc) is 2.69. The largest absolute Gasteiger partial charge is 0.147 e. The molecule has 0 aliphatic rings. The number of rotatable bonds is 2. The molecule has 0 nitrogen and oxygen atoms in total. The van der Waals surface area contributed by atoms with E-state index in [2.05, 4.69) is 76.2 Å². The third kappa shape index (κ3) is 2.67. The molecule has 0 aliphatic heterocycles. The predicted octanol–water partition coefficient (Wildman–Crippen LogP) is 5.92. The van der Waals surface area contributed by atoms with Gasteiger partial charge in [0, 0.05) is 9.35 Å². The van der Waals surface area contributed by atoms with Crippen LogP contribution in [0.1, 0.15) is 32.0 Å². The van der Waals surface area contributed by atoms with E-state index in [4.69, 9.17) is 0 Å². The molecule has 1 aromatic carbocycles. The summed E-state index contributed by atoms with van der Waals surface area (Å²) in [5, 5.41) is 2.15. The molecule has 0 spiro atoms. The van der Waals surface area contributed by atoms with Crippen LogP contribution in [0.3, 0.4) is 0 Å². The summed E-state index contributed by atoms with van der Waals surface area (Å²) in [6, 6.07) is 6.63. The van der Waals surface area contributed by atoms with Crippen LogP contribution in [-0.2, 0) is 0 Å². The zero-order chi connectivity index (χ0) is 12.6. The van der Waals surface area contributed by atoms with E-state index in [0.29, 0.717) is 4.83 Å². The van der Waals surface area contributed by atoms with Crippen LogP contribution in [0.15, 0.2) is 28.1 Å². The number of aryl methyl sites for hydroxylation is 3. The Hall–Kier alpha value is -0.120. The second-order valence-electron chi connectivity index (χ2n) is 4.29. The number of alkyl halides is 1. The lowest BCUT2D eigenvalue weighted by Crippen LogP contribution is -1.96. The van der Waals surface area contributed by atoms with Crippen LogP contribution in [0.2, 0.25) is 0 Å². The maximum atomic E-state index is 3.83. The molecule has 17 heavy (non-hydrogen) atoms. The minimum absolute atomic E-state index is 0.300. The molecular formula is C14H14Br2S. The molecule has 0 bridgehead atoms. The Morgan fingerprint density at radius 1 is 1.06 bits per heavy atom. The summed E-state index contributed by atoms with van der Waals surface area (Å²) in [5.74, 6) is 0. The van der Waals surface area contributed by atoms with Gasteiger partial charge < -0.3 is 0 Å². The summed E-state index contributed by atoms with van der Waals surface area (Å²) in [5.41, 5.74) is 5.31. The third-order valence-corrected chi connectivity index (χ3v) is 6.14. The molecule has 2 aromatic rings. The summed E-state index contributed by atoms with van der Waals surface area (Å²) in [4.78, 5) is 1.70. The van der Waals surface area contributed by atoms with Crippen molar-refractivity contribution in [2.45, 2.75) is 25.6 Å². The SMILES string of the molecule is Cc1cc(C(Br)c2sccc2C)c(C)cc1Br. The Labute approximate surface area is 123 Å². The number of benzene rings is 1. The minimum atomic E-state index is 0.300. The average molecular weight is 374 g/mol. The van der Waals surface area contributed by atoms with E-state index in [1.54, 1.807) is 0 Å². The third-order valence-electron chi connectivity index (χ3n) is 2.95. The maximum absolute atomic E-state index is 3.83. The van der Waals surface area contributed by atoms with E-state index in [0.717, 1.165) is 0 Å². The number of hydrogen-bond donors (Lipinski definition) is 0. The first-order valence-electron chi connectivity index (χ1n) is 5.45. The van der Waals surface area contributed by atoms with Crippen LogP contribution >= 0.6 is 43.2 Å². The lowest BCUT2D eigenvalue weighted by atomic mass is 10.0. The molecule has 2 rings (SSSR count). The van der Waals surface area contributed by atoms with Crippen molar-refractivity contribution in [3.05, 3.63) is 55.2 Å². The topological polar surface area (TPSA) is 0 Å². The Morgan fingerprint density at radius 2 is 1.76 bits per heavy atom. The fourth-order valence-electron chi connectivity index (χ4n) is 1.86. The van der Waals surface area contributed by atoms with Gasteiger partial charge in [-0.15, -0.1) is 11.3 Å². The van der Waals surface area contributed by atoms with Gasteiger partial charge in [0.05, 0.1) is 4.83 Å². The monoisotopic (exact) mass is 372 g/mol. The van der Waals surface area contributed by atoms with Crippen LogP contribution in [0, 0.1) is 20.8 Å². The van der Waals surface area contributed by atoms with E-state index in [1.165, 1.54) is 31.6 Å². The van der Waals surface area contributed by atoms with Crippen molar-refractivity contribution >= 4 is 43.2 Å². The van der Waals surface area contributed by atoms with E-state index >= 15 is 0 Å². The molecule has 1 aromatic heterocycles. The lowest BCUT2D eigenvalue weighted by Gasteiger charge is -2.15. The fraction of sp³-hybridized carbons (Fsp3) is 0.286. The minimum Gasteiger partial charge on any atom is -0.147 e. The summed E-state index contributed by atoms with van der Waals surface area (Å²) in [7, 11) is 0. The lowest BCUT2D eigenvalue weighted by molar-refractivity contribution is 1.14. The molecule has 1 heterocycles. The summed E-state index contributed by atoms with van der Waals surface area (Å²) in [6.07, 6.45) is 0. The standard InChI is InChI=1S/C14H14Br2S/c1-8-4-5-17-14(8)13(16)11-6-10(3)12(15)7-9(11)2/h4-7,13H,1-3H3. The zero-order valence-corrected chi connectivity index (χ0v) is 14.0. The smallest absolute Gasteiger partial charge is 0.0743 e. The first kappa shape index (κ1) is 13.3. The molecule has 0 saturated carbocycles.